The van der Waals surface area contributed by atoms with E-state index in [-0.39, 0.29) is 5.78 Å². The van der Waals surface area contributed by atoms with Gasteiger partial charge in [-0.15, -0.1) is 0 Å². The van der Waals surface area contributed by atoms with E-state index in [1.54, 1.807) is 10.9 Å². The molecule has 0 atom stereocenters. The molecule has 0 fully saturated rings. The van der Waals surface area contributed by atoms with E-state index in [0.717, 1.165) is 4.47 Å². The van der Waals surface area contributed by atoms with Gasteiger partial charge in [0.2, 0.25) is 0 Å². The first kappa shape index (κ1) is 9.45. The first-order valence-corrected chi connectivity index (χ1v) is 4.71. The summed E-state index contributed by atoms with van der Waals surface area (Å²) in [6.45, 7) is 2.56. The molecule has 0 saturated carbocycles. The Morgan fingerprint density at radius 3 is 3.00 bits per heavy atom. The number of carbonyl (C=O) groups is 1. The van der Waals surface area contributed by atoms with Crippen molar-refractivity contribution in [2.24, 2.45) is 0 Å². The second-order valence-corrected chi connectivity index (χ2v) is 3.48. The van der Waals surface area contributed by atoms with Crippen LogP contribution in [-0.4, -0.2) is 15.6 Å². The lowest BCUT2D eigenvalue weighted by atomic mass is 10.2. The first-order valence-electron chi connectivity index (χ1n) is 3.92. The maximum atomic E-state index is 10.9. The average Bonchev–Trinajstić information content (AvgIpc) is 2.47. The van der Waals surface area contributed by atoms with Crippen molar-refractivity contribution in [2.75, 3.05) is 0 Å². The Labute approximate surface area is 79.9 Å². The summed E-state index contributed by atoms with van der Waals surface area (Å²) in [6, 6.07) is 0. The van der Waals surface area contributed by atoms with Crippen molar-refractivity contribution in [1.82, 2.24) is 9.78 Å². The van der Waals surface area contributed by atoms with E-state index in [1.165, 1.54) is 0 Å². The number of nitrogens with zero attached hydrogens (tertiary/aromatic N) is 2. The maximum Gasteiger partial charge on any atom is 0.134 e. The number of halogens is 1. The van der Waals surface area contributed by atoms with Crippen LogP contribution in [0.15, 0.2) is 16.9 Å². The van der Waals surface area contributed by atoms with E-state index in [9.17, 15) is 4.79 Å². The van der Waals surface area contributed by atoms with Crippen molar-refractivity contribution in [1.29, 1.82) is 0 Å². The Morgan fingerprint density at radius 2 is 2.50 bits per heavy atom. The fourth-order valence-electron chi connectivity index (χ4n) is 0.877. The molecule has 0 bridgehead atoms. The quantitative estimate of drug-likeness (QED) is 0.794. The summed E-state index contributed by atoms with van der Waals surface area (Å²) in [5.74, 6) is 0.279. The van der Waals surface area contributed by atoms with Gasteiger partial charge in [0.05, 0.1) is 10.7 Å². The zero-order valence-corrected chi connectivity index (χ0v) is 8.54. The third-order valence-electron chi connectivity index (χ3n) is 1.62. The van der Waals surface area contributed by atoms with Gasteiger partial charge in [-0.3, -0.25) is 9.48 Å². The fourth-order valence-corrected chi connectivity index (χ4v) is 1.20. The molecule has 0 aliphatic rings. The molecule has 0 spiro atoms. The highest BCUT2D eigenvalue weighted by Gasteiger charge is 1.99. The maximum absolute atomic E-state index is 10.9. The Balaban J connectivity index is 2.38. The summed E-state index contributed by atoms with van der Waals surface area (Å²) in [6.07, 6.45) is 4.77. The molecule has 4 heteroatoms. The molecule has 12 heavy (non-hydrogen) atoms. The summed E-state index contributed by atoms with van der Waals surface area (Å²) < 4.78 is 2.71. The lowest BCUT2D eigenvalue weighted by Crippen LogP contribution is -2.04. The topological polar surface area (TPSA) is 34.9 Å². The number of aryl methyl sites for hydroxylation is 1. The molecule has 66 valence electrons. The molecule has 0 aliphatic heterocycles. The van der Waals surface area contributed by atoms with E-state index in [4.69, 9.17) is 0 Å². The van der Waals surface area contributed by atoms with Crippen LogP contribution >= 0.6 is 15.9 Å². The molecule has 0 aromatic carbocycles. The number of carbonyl (C=O) groups excluding carboxylic acids is 1. The largest absolute Gasteiger partial charge is 0.300 e. The van der Waals surface area contributed by atoms with Crippen LogP contribution in [-0.2, 0) is 11.3 Å². The second-order valence-electron chi connectivity index (χ2n) is 2.56. The van der Waals surface area contributed by atoms with Gasteiger partial charge in [0.25, 0.3) is 0 Å². The van der Waals surface area contributed by atoms with E-state index in [2.05, 4.69) is 21.0 Å². The van der Waals surface area contributed by atoms with E-state index in [1.807, 2.05) is 13.1 Å². The van der Waals surface area contributed by atoms with Gasteiger partial charge in [0.1, 0.15) is 5.78 Å². The molecule has 0 aliphatic carbocycles. The Morgan fingerprint density at radius 1 is 1.75 bits per heavy atom. The van der Waals surface area contributed by atoms with Crippen LogP contribution in [0.3, 0.4) is 0 Å². The van der Waals surface area contributed by atoms with Crippen molar-refractivity contribution < 1.29 is 4.79 Å². The highest BCUT2D eigenvalue weighted by Crippen LogP contribution is 2.06. The van der Waals surface area contributed by atoms with Gasteiger partial charge in [0.15, 0.2) is 0 Å². The van der Waals surface area contributed by atoms with Crippen molar-refractivity contribution >= 4 is 21.7 Å². The van der Waals surface area contributed by atoms with Gasteiger partial charge in [-0.2, -0.15) is 5.10 Å². The first-order chi connectivity index (χ1) is 5.72. The standard InChI is InChI=1S/C8H11BrN2O/c1-2-8(12)3-4-11-6-7(9)5-10-11/h5-6H,2-4H2,1H3. The molecule has 0 saturated heterocycles. The molecule has 0 radical (unpaired) electrons. The number of rotatable bonds is 4. The minimum absolute atomic E-state index is 0.279. The zero-order chi connectivity index (χ0) is 8.97. The molecule has 3 nitrogen and oxygen atoms in total. The van der Waals surface area contributed by atoms with Crippen LogP contribution in [0.25, 0.3) is 0 Å². The number of aromatic nitrogens is 2. The van der Waals surface area contributed by atoms with Crippen molar-refractivity contribution in [3.05, 3.63) is 16.9 Å². The highest BCUT2D eigenvalue weighted by atomic mass is 79.9. The molecule has 1 aromatic rings. The number of ketones is 1. The summed E-state index contributed by atoms with van der Waals surface area (Å²) in [5.41, 5.74) is 0. The van der Waals surface area contributed by atoms with Crippen molar-refractivity contribution in [2.45, 2.75) is 26.3 Å². The Hall–Kier alpha value is -0.640. The SMILES string of the molecule is CCC(=O)CCn1cc(Br)cn1. The van der Waals surface area contributed by atoms with Gasteiger partial charge < -0.3 is 0 Å². The molecule has 0 unspecified atom stereocenters. The zero-order valence-electron chi connectivity index (χ0n) is 6.96. The van der Waals surface area contributed by atoms with Crippen LogP contribution < -0.4 is 0 Å². The minimum atomic E-state index is 0.279. The number of Topliss-reactive ketones (excluding diaryl/α,β-unsaturated/α-hetero) is 1. The predicted molar refractivity (Wildman–Crippen MR) is 49.8 cm³/mol. The molecular weight excluding hydrogens is 220 g/mol. The summed E-state index contributed by atoms with van der Waals surface area (Å²) in [4.78, 5) is 10.9. The van der Waals surface area contributed by atoms with Crippen LogP contribution in [0.2, 0.25) is 0 Å². The van der Waals surface area contributed by atoms with Crippen LogP contribution in [0.5, 0.6) is 0 Å². The fraction of sp³-hybridized carbons (Fsp3) is 0.500. The summed E-state index contributed by atoms with van der Waals surface area (Å²) >= 11 is 3.29. The number of hydrogen-bond acceptors (Lipinski definition) is 2. The van der Waals surface area contributed by atoms with Gasteiger partial charge in [-0.1, -0.05) is 6.92 Å². The summed E-state index contributed by atoms with van der Waals surface area (Å²) in [7, 11) is 0. The molecule has 1 rings (SSSR count). The van der Waals surface area contributed by atoms with Crippen molar-refractivity contribution in [3.8, 4) is 0 Å². The van der Waals surface area contributed by atoms with E-state index in [0.29, 0.717) is 19.4 Å². The van der Waals surface area contributed by atoms with E-state index >= 15 is 0 Å². The third-order valence-corrected chi connectivity index (χ3v) is 2.03. The minimum Gasteiger partial charge on any atom is -0.300 e. The van der Waals surface area contributed by atoms with Crippen LogP contribution in [0.1, 0.15) is 19.8 Å². The average molecular weight is 231 g/mol. The predicted octanol–water partition coefficient (Wildman–Crippen LogP) is 2.01. The monoisotopic (exact) mass is 230 g/mol. The highest BCUT2D eigenvalue weighted by molar-refractivity contribution is 9.10. The molecular formula is C8H11BrN2O. The Bertz CT molecular complexity index is 270. The van der Waals surface area contributed by atoms with Gasteiger partial charge in [0, 0.05) is 25.6 Å². The molecule has 1 heterocycles. The summed E-state index contributed by atoms with van der Waals surface area (Å²) in [5, 5.41) is 4.04. The van der Waals surface area contributed by atoms with Crippen LogP contribution in [0.4, 0.5) is 0 Å². The van der Waals surface area contributed by atoms with Crippen LogP contribution in [0, 0.1) is 0 Å². The van der Waals surface area contributed by atoms with E-state index < -0.39 is 0 Å². The lowest BCUT2D eigenvalue weighted by molar-refractivity contribution is -0.119. The van der Waals surface area contributed by atoms with Crippen molar-refractivity contribution in [3.63, 3.8) is 0 Å². The second kappa shape index (κ2) is 4.40. The van der Waals surface area contributed by atoms with Gasteiger partial charge in [-0.05, 0) is 15.9 Å². The lowest BCUT2D eigenvalue weighted by Gasteiger charge is -1.97. The molecule has 1 aromatic heterocycles. The molecule has 0 amide bonds. The number of hydrogen-bond donors (Lipinski definition) is 0. The molecule has 0 N–H and O–H groups in total. The van der Waals surface area contributed by atoms with Gasteiger partial charge in [-0.25, -0.2) is 0 Å². The smallest absolute Gasteiger partial charge is 0.134 e. The van der Waals surface area contributed by atoms with Gasteiger partial charge >= 0.3 is 0 Å². The third kappa shape index (κ3) is 2.77. The normalized spacial score (nSPS) is 10.2. The Kier molecular flexibility index (Phi) is 3.47.